The lowest BCUT2D eigenvalue weighted by molar-refractivity contribution is -0.385. The first-order valence-electron chi connectivity index (χ1n) is 4.82. The summed E-state index contributed by atoms with van der Waals surface area (Å²) in [6.07, 6.45) is 0.104. The van der Waals surface area contributed by atoms with Crippen LogP contribution in [0.15, 0.2) is 18.2 Å². The number of phenols is 1. The first-order valence-corrected chi connectivity index (χ1v) is 4.82. The summed E-state index contributed by atoms with van der Waals surface area (Å²) in [5, 5.41) is 31.2. The van der Waals surface area contributed by atoms with Gasteiger partial charge in [0.05, 0.1) is 4.92 Å². The lowest BCUT2D eigenvalue weighted by Crippen LogP contribution is -2.35. The average molecular weight is 240 g/mol. The van der Waals surface area contributed by atoms with Crippen molar-refractivity contribution >= 4 is 11.7 Å². The summed E-state index contributed by atoms with van der Waals surface area (Å²) < 4.78 is 0. The van der Waals surface area contributed by atoms with E-state index in [1.165, 1.54) is 25.2 Å². The number of likely N-dealkylation sites (N-methyl/N-ethyl adjacent to an activating group) is 1. The molecule has 0 spiro atoms. The summed E-state index contributed by atoms with van der Waals surface area (Å²) in [5.41, 5.74) is 0.0407. The Labute approximate surface area is 96.8 Å². The molecule has 1 aromatic rings. The van der Waals surface area contributed by atoms with Crippen LogP contribution in [0.4, 0.5) is 5.69 Å². The van der Waals surface area contributed by atoms with Gasteiger partial charge in [-0.15, -0.1) is 0 Å². The highest BCUT2D eigenvalue weighted by atomic mass is 16.6. The molecular weight excluding hydrogens is 228 g/mol. The number of hydrogen-bond donors (Lipinski definition) is 3. The Morgan fingerprint density at radius 2 is 2.24 bits per heavy atom. The molecule has 0 fully saturated rings. The van der Waals surface area contributed by atoms with E-state index in [1.54, 1.807) is 0 Å². The van der Waals surface area contributed by atoms with Gasteiger partial charge < -0.3 is 15.5 Å². The maximum absolute atomic E-state index is 10.8. The van der Waals surface area contributed by atoms with Crippen molar-refractivity contribution in [3.8, 4) is 5.75 Å². The van der Waals surface area contributed by atoms with Gasteiger partial charge in [0.25, 0.3) is 0 Å². The van der Waals surface area contributed by atoms with E-state index in [0.717, 1.165) is 0 Å². The summed E-state index contributed by atoms with van der Waals surface area (Å²) >= 11 is 0. The Balaban J connectivity index is 2.96. The van der Waals surface area contributed by atoms with Crippen LogP contribution >= 0.6 is 0 Å². The third-order valence-corrected chi connectivity index (χ3v) is 2.32. The summed E-state index contributed by atoms with van der Waals surface area (Å²) in [4.78, 5) is 20.6. The number of aliphatic carboxylic acids is 1. The molecule has 0 radical (unpaired) electrons. The van der Waals surface area contributed by atoms with Gasteiger partial charge in [-0.3, -0.25) is 14.9 Å². The van der Waals surface area contributed by atoms with E-state index < -0.39 is 28.4 Å². The van der Waals surface area contributed by atoms with Crippen LogP contribution in [-0.4, -0.2) is 34.2 Å². The largest absolute Gasteiger partial charge is 0.502 e. The quantitative estimate of drug-likeness (QED) is 0.510. The molecule has 92 valence electrons. The molecule has 0 aliphatic rings. The number of carbonyl (C=O) groups is 1. The number of nitrogens with zero attached hydrogens (tertiary/aromatic N) is 1. The van der Waals surface area contributed by atoms with Crippen molar-refractivity contribution in [2.75, 3.05) is 7.05 Å². The molecule has 17 heavy (non-hydrogen) atoms. The summed E-state index contributed by atoms with van der Waals surface area (Å²) in [6.45, 7) is 0. The first kappa shape index (κ1) is 12.9. The van der Waals surface area contributed by atoms with Gasteiger partial charge in [-0.1, -0.05) is 6.07 Å². The predicted octanol–water partition coefficient (Wildman–Crippen LogP) is 0.515. The van der Waals surface area contributed by atoms with Crippen molar-refractivity contribution in [1.82, 2.24) is 5.32 Å². The molecule has 0 aliphatic carbocycles. The summed E-state index contributed by atoms with van der Waals surface area (Å²) in [7, 11) is 1.49. The second kappa shape index (κ2) is 5.26. The van der Waals surface area contributed by atoms with E-state index in [1.807, 2.05) is 0 Å². The zero-order chi connectivity index (χ0) is 13.0. The minimum Gasteiger partial charge on any atom is -0.502 e. The number of nitrogens with one attached hydrogen (secondary N) is 1. The average Bonchev–Trinajstić information content (AvgIpc) is 2.27. The highest BCUT2D eigenvalue weighted by Crippen LogP contribution is 2.26. The molecule has 0 amide bonds. The number of hydrogen-bond acceptors (Lipinski definition) is 5. The van der Waals surface area contributed by atoms with Gasteiger partial charge in [0.2, 0.25) is 0 Å². The molecule has 7 nitrogen and oxygen atoms in total. The second-order valence-corrected chi connectivity index (χ2v) is 3.46. The summed E-state index contributed by atoms with van der Waals surface area (Å²) in [6, 6.07) is 2.99. The molecule has 7 heteroatoms. The number of phenolic OH excluding ortho intramolecular Hbond substituents is 1. The fraction of sp³-hybridized carbons (Fsp3) is 0.300. The normalized spacial score (nSPS) is 12.1. The predicted molar refractivity (Wildman–Crippen MR) is 58.9 cm³/mol. The van der Waals surface area contributed by atoms with Crippen molar-refractivity contribution in [3.05, 3.63) is 33.9 Å². The lowest BCUT2D eigenvalue weighted by atomic mass is 10.1. The van der Waals surface area contributed by atoms with Gasteiger partial charge >= 0.3 is 11.7 Å². The molecule has 0 bridgehead atoms. The van der Waals surface area contributed by atoms with Gasteiger partial charge in [-0.25, -0.2) is 0 Å². The number of aromatic hydroxyl groups is 1. The van der Waals surface area contributed by atoms with Crippen molar-refractivity contribution < 1.29 is 19.9 Å². The zero-order valence-corrected chi connectivity index (χ0v) is 9.08. The lowest BCUT2D eigenvalue weighted by Gasteiger charge is -2.10. The van der Waals surface area contributed by atoms with Crippen molar-refractivity contribution in [1.29, 1.82) is 0 Å². The Morgan fingerprint density at radius 3 is 2.71 bits per heavy atom. The molecule has 1 aromatic carbocycles. The Hall–Kier alpha value is -2.15. The van der Waals surface area contributed by atoms with Crippen LogP contribution < -0.4 is 5.32 Å². The van der Waals surface area contributed by atoms with Gasteiger partial charge in [0.1, 0.15) is 6.04 Å². The second-order valence-electron chi connectivity index (χ2n) is 3.46. The van der Waals surface area contributed by atoms with Crippen molar-refractivity contribution in [2.24, 2.45) is 0 Å². The fourth-order valence-electron chi connectivity index (χ4n) is 1.39. The molecule has 0 aliphatic heterocycles. The zero-order valence-electron chi connectivity index (χ0n) is 9.08. The molecule has 0 aromatic heterocycles. The number of benzene rings is 1. The molecule has 1 rings (SSSR count). The van der Waals surface area contributed by atoms with Gasteiger partial charge in [-0.2, -0.15) is 0 Å². The maximum Gasteiger partial charge on any atom is 0.321 e. The molecule has 0 heterocycles. The Kier molecular flexibility index (Phi) is 4.00. The minimum atomic E-state index is -1.04. The maximum atomic E-state index is 10.8. The molecular formula is C10H12N2O5. The van der Waals surface area contributed by atoms with Crippen LogP contribution in [0.3, 0.4) is 0 Å². The Bertz CT molecular complexity index is 446. The molecule has 0 saturated heterocycles. The Morgan fingerprint density at radius 1 is 1.59 bits per heavy atom. The van der Waals surface area contributed by atoms with Crippen LogP contribution in [0.5, 0.6) is 5.75 Å². The van der Waals surface area contributed by atoms with E-state index in [-0.39, 0.29) is 6.42 Å². The molecule has 0 saturated carbocycles. The fourth-order valence-corrected chi connectivity index (χ4v) is 1.39. The standard InChI is InChI=1S/C10H12N2O5/c1-11-7(10(14)15)4-6-2-3-9(13)8(5-6)12(16)17/h2-3,5,7,11,13H,4H2,1H3,(H,14,15). The van der Waals surface area contributed by atoms with E-state index in [0.29, 0.717) is 5.56 Å². The van der Waals surface area contributed by atoms with Crippen molar-refractivity contribution in [3.63, 3.8) is 0 Å². The van der Waals surface area contributed by atoms with Gasteiger partial charge in [-0.05, 0) is 25.1 Å². The number of rotatable bonds is 5. The van der Waals surface area contributed by atoms with Crippen LogP contribution in [0.1, 0.15) is 5.56 Å². The van der Waals surface area contributed by atoms with Crippen LogP contribution in [0.25, 0.3) is 0 Å². The SMILES string of the molecule is CNC(Cc1ccc(O)c([N+](=O)[O-])c1)C(=O)O. The highest BCUT2D eigenvalue weighted by Gasteiger charge is 2.19. The van der Waals surface area contributed by atoms with Crippen molar-refractivity contribution in [2.45, 2.75) is 12.5 Å². The number of nitro groups is 1. The molecule has 1 unspecified atom stereocenters. The summed E-state index contributed by atoms with van der Waals surface area (Å²) in [5.74, 6) is -1.47. The third-order valence-electron chi connectivity index (χ3n) is 2.32. The van der Waals surface area contributed by atoms with Crippen LogP contribution in [-0.2, 0) is 11.2 Å². The van der Waals surface area contributed by atoms with Gasteiger partial charge in [0.15, 0.2) is 5.75 Å². The van der Waals surface area contributed by atoms with E-state index in [2.05, 4.69) is 5.32 Å². The van der Waals surface area contributed by atoms with E-state index in [9.17, 15) is 20.0 Å². The highest BCUT2D eigenvalue weighted by molar-refractivity contribution is 5.74. The first-order chi connectivity index (χ1) is 7.95. The molecule has 3 N–H and O–H groups in total. The van der Waals surface area contributed by atoms with Crippen LogP contribution in [0, 0.1) is 10.1 Å². The number of nitro benzene ring substituents is 1. The monoisotopic (exact) mass is 240 g/mol. The molecule has 1 atom stereocenters. The smallest absolute Gasteiger partial charge is 0.321 e. The topological polar surface area (TPSA) is 113 Å². The van der Waals surface area contributed by atoms with E-state index >= 15 is 0 Å². The number of carboxylic acid groups (broad SMARTS) is 1. The minimum absolute atomic E-state index is 0.104. The van der Waals surface area contributed by atoms with Crippen LogP contribution in [0.2, 0.25) is 0 Å². The van der Waals surface area contributed by atoms with Gasteiger partial charge in [0, 0.05) is 6.07 Å². The third kappa shape index (κ3) is 3.15. The van der Waals surface area contributed by atoms with E-state index in [4.69, 9.17) is 5.11 Å². The number of carboxylic acids is 1.